The summed E-state index contributed by atoms with van der Waals surface area (Å²) in [5.41, 5.74) is 5.42. The van der Waals surface area contributed by atoms with Gasteiger partial charge in [0.15, 0.2) is 5.82 Å². The monoisotopic (exact) mass is 304 g/mol. The zero-order valence-corrected chi connectivity index (χ0v) is 13.7. The molecule has 2 aliphatic heterocycles. The van der Waals surface area contributed by atoms with Crippen LogP contribution in [0, 0.1) is 6.92 Å². The molecule has 2 aliphatic rings. The van der Waals surface area contributed by atoms with Crippen molar-refractivity contribution in [2.24, 2.45) is 0 Å². The van der Waals surface area contributed by atoms with Gasteiger partial charge in [-0.15, -0.1) is 0 Å². The average molecular weight is 304 g/mol. The number of benzene rings is 2. The minimum atomic E-state index is 0.898. The lowest BCUT2D eigenvalue weighted by Gasteiger charge is -2.17. The maximum Gasteiger partial charge on any atom is 0.160 e. The molecule has 4 heteroatoms. The fourth-order valence-electron chi connectivity index (χ4n) is 3.07. The molecule has 0 amide bonds. The highest BCUT2D eigenvalue weighted by atomic mass is 15.1. The van der Waals surface area contributed by atoms with E-state index in [0.717, 1.165) is 46.5 Å². The molecule has 4 nitrogen and oxygen atoms in total. The van der Waals surface area contributed by atoms with Crippen molar-refractivity contribution in [2.75, 3.05) is 20.6 Å². The van der Waals surface area contributed by atoms with Crippen LogP contribution < -0.4 is 0 Å². The van der Waals surface area contributed by atoms with Gasteiger partial charge in [-0.1, -0.05) is 23.8 Å². The number of fused-ring (bicyclic) bond motifs is 4. The van der Waals surface area contributed by atoms with Crippen LogP contribution in [0.25, 0.3) is 33.5 Å². The molecule has 0 aromatic heterocycles. The van der Waals surface area contributed by atoms with Crippen LogP contribution in [0.1, 0.15) is 5.56 Å². The molecule has 0 spiro atoms. The summed E-state index contributed by atoms with van der Waals surface area (Å²) in [6.07, 6.45) is 0. The summed E-state index contributed by atoms with van der Waals surface area (Å²) >= 11 is 0. The molecule has 0 N–H and O–H groups in total. The standard InChI is InChI=1S/C19H20N4/c1-13-8-9-15-14(12-13)18-19(21-15)23(11-10-22(2)3)17-7-5-4-6-16(17)20-18/h4-9,12H,10-11H2,1-3H3. The van der Waals surface area contributed by atoms with Crippen LogP contribution in [0.5, 0.6) is 0 Å². The highest BCUT2D eigenvalue weighted by molar-refractivity contribution is 5.97. The number of nitrogens with zero attached hydrogens (tertiary/aromatic N) is 4. The van der Waals surface area contributed by atoms with E-state index in [-0.39, 0.29) is 0 Å². The first-order valence-electron chi connectivity index (χ1n) is 7.93. The number of aromatic nitrogens is 3. The minimum absolute atomic E-state index is 0.898. The van der Waals surface area contributed by atoms with E-state index in [1.165, 1.54) is 5.56 Å². The molecular formula is C19H20N4. The highest BCUT2D eigenvalue weighted by Gasteiger charge is 2.19. The van der Waals surface area contributed by atoms with E-state index in [2.05, 4.69) is 66.9 Å². The first-order valence-corrected chi connectivity index (χ1v) is 7.93. The van der Waals surface area contributed by atoms with Gasteiger partial charge >= 0.3 is 0 Å². The molecule has 0 saturated heterocycles. The van der Waals surface area contributed by atoms with Crippen LogP contribution >= 0.6 is 0 Å². The smallest absolute Gasteiger partial charge is 0.160 e. The molecule has 0 saturated carbocycles. The molecule has 23 heavy (non-hydrogen) atoms. The summed E-state index contributed by atoms with van der Waals surface area (Å²) < 4.78 is 2.30. The topological polar surface area (TPSA) is 34.0 Å². The number of likely N-dealkylation sites (N-methyl/N-ethyl adjacent to an activating group) is 1. The highest BCUT2D eigenvalue weighted by Crippen LogP contribution is 2.32. The van der Waals surface area contributed by atoms with E-state index in [4.69, 9.17) is 9.97 Å². The van der Waals surface area contributed by atoms with Gasteiger partial charge in [0.2, 0.25) is 0 Å². The fraction of sp³-hybridized carbons (Fsp3) is 0.263. The van der Waals surface area contributed by atoms with Crippen LogP contribution in [0.3, 0.4) is 0 Å². The predicted octanol–water partition coefficient (Wildman–Crippen LogP) is 3.56. The van der Waals surface area contributed by atoms with Gasteiger partial charge in [-0.3, -0.25) is 0 Å². The molecule has 0 unspecified atom stereocenters. The van der Waals surface area contributed by atoms with E-state index in [1.807, 2.05) is 6.07 Å². The zero-order chi connectivity index (χ0) is 16.0. The van der Waals surface area contributed by atoms with Crippen molar-refractivity contribution in [3.63, 3.8) is 0 Å². The summed E-state index contributed by atoms with van der Waals surface area (Å²) in [4.78, 5) is 12.0. The maximum absolute atomic E-state index is 4.90. The third kappa shape index (κ3) is 2.35. The van der Waals surface area contributed by atoms with Crippen molar-refractivity contribution in [1.29, 1.82) is 0 Å². The molecule has 4 rings (SSSR count). The summed E-state index contributed by atoms with van der Waals surface area (Å²) in [7, 11) is 4.19. The fourth-order valence-corrected chi connectivity index (χ4v) is 3.07. The van der Waals surface area contributed by atoms with Crippen molar-refractivity contribution in [3.05, 3.63) is 48.0 Å². The van der Waals surface area contributed by atoms with Crippen LogP contribution in [-0.2, 0) is 6.54 Å². The third-order valence-electron chi connectivity index (χ3n) is 4.28. The van der Waals surface area contributed by atoms with Crippen molar-refractivity contribution >= 4 is 21.9 Å². The Bertz CT molecular complexity index is 968. The summed E-state index contributed by atoms with van der Waals surface area (Å²) in [5, 5.41) is 1.14. The predicted molar refractivity (Wildman–Crippen MR) is 94.9 cm³/mol. The second kappa shape index (κ2) is 5.32. The van der Waals surface area contributed by atoms with E-state index < -0.39 is 0 Å². The van der Waals surface area contributed by atoms with Gasteiger partial charge in [0.25, 0.3) is 0 Å². The van der Waals surface area contributed by atoms with Gasteiger partial charge in [-0.25, -0.2) is 9.97 Å². The van der Waals surface area contributed by atoms with Gasteiger partial charge in [0, 0.05) is 18.5 Å². The molecule has 2 aromatic rings. The normalized spacial score (nSPS) is 12.0. The van der Waals surface area contributed by atoms with E-state index in [0.29, 0.717) is 0 Å². The van der Waals surface area contributed by atoms with Crippen molar-refractivity contribution in [1.82, 2.24) is 19.4 Å². The van der Waals surface area contributed by atoms with Gasteiger partial charge in [0.05, 0.1) is 16.6 Å². The van der Waals surface area contributed by atoms with Crippen LogP contribution in [0.2, 0.25) is 0 Å². The molecule has 2 heterocycles. The second-order valence-electron chi connectivity index (χ2n) is 6.36. The molecule has 2 aromatic carbocycles. The first kappa shape index (κ1) is 14.2. The van der Waals surface area contributed by atoms with Gasteiger partial charge in [-0.05, 0) is 45.3 Å². The maximum atomic E-state index is 4.90. The Morgan fingerprint density at radius 3 is 2.65 bits per heavy atom. The Labute approximate surface area is 135 Å². The first-order chi connectivity index (χ1) is 11.1. The van der Waals surface area contributed by atoms with Crippen molar-refractivity contribution in [3.8, 4) is 11.5 Å². The molecule has 0 atom stereocenters. The number of aryl methyl sites for hydroxylation is 1. The lowest BCUT2D eigenvalue weighted by atomic mass is 10.1. The number of rotatable bonds is 3. The van der Waals surface area contributed by atoms with E-state index in [1.54, 1.807) is 0 Å². The number of para-hydroxylation sites is 2. The Kier molecular flexibility index (Phi) is 3.27. The Morgan fingerprint density at radius 2 is 1.83 bits per heavy atom. The largest absolute Gasteiger partial charge is 0.321 e. The Morgan fingerprint density at radius 1 is 1.00 bits per heavy atom. The van der Waals surface area contributed by atoms with Crippen LogP contribution in [-0.4, -0.2) is 40.1 Å². The van der Waals surface area contributed by atoms with E-state index in [9.17, 15) is 0 Å². The van der Waals surface area contributed by atoms with Gasteiger partial charge in [0.1, 0.15) is 5.69 Å². The Balaban J connectivity index is 2.05. The summed E-state index contributed by atoms with van der Waals surface area (Å²) in [5.74, 6) is 0.978. The van der Waals surface area contributed by atoms with Crippen molar-refractivity contribution in [2.45, 2.75) is 13.5 Å². The van der Waals surface area contributed by atoms with Crippen LogP contribution in [0.4, 0.5) is 0 Å². The van der Waals surface area contributed by atoms with Crippen LogP contribution in [0.15, 0.2) is 42.5 Å². The molecular weight excluding hydrogens is 284 g/mol. The summed E-state index contributed by atoms with van der Waals surface area (Å²) in [6, 6.07) is 14.7. The average Bonchev–Trinajstić information content (AvgIpc) is 2.89. The number of hydrogen-bond donors (Lipinski definition) is 0. The minimum Gasteiger partial charge on any atom is -0.321 e. The Hall–Kier alpha value is -2.46. The molecule has 0 fully saturated rings. The van der Waals surface area contributed by atoms with Gasteiger partial charge in [-0.2, -0.15) is 0 Å². The third-order valence-corrected chi connectivity index (χ3v) is 4.28. The van der Waals surface area contributed by atoms with Gasteiger partial charge < -0.3 is 9.47 Å². The molecule has 0 aliphatic carbocycles. The molecule has 116 valence electrons. The lowest BCUT2D eigenvalue weighted by molar-refractivity contribution is 0.386. The SMILES string of the molecule is Cc1ccc2nc3n(CCN(C)C)c4ccccc4nc-3c2c1. The van der Waals surface area contributed by atoms with Crippen molar-refractivity contribution < 1.29 is 0 Å². The molecule has 0 bridgehead atoms. The number of hydrogen-bond acceptors (Lipinski definition) is 3. The zero-order valence-electron chi connectivity index (χ0n) is 13.7. The summed E-state index contributed by atoms with van der Waals surface area (Å²) in [6.45, 7) is 3.98. The molecule has 0 radical (unpaired) electrons. The second-order valence-corrected chi connectivity index (χ2v) is 6.36. The quantitative estimate of drug-likeness (QED) is 0.580. The lowest BCUT2D eigenvalue weighted by Crippen LogP contribution is -2.20. The van der Waals surface area contributed by atoms with E-state index >= 15 is 0 Å².